The second kappa shape index (κ2) is 12.8. The summed E-state index contributed by atoms with van der Waals surface area (Å²) >= 11 is 3.69. The molecular formula is C23H25N9O6S3. The van der Waals surface area contributed by atoms with Crippen molar-refractivity contribution in [3.05, 3.63) is 47.2 Å². The zero-order chi connectivity index (χ0) is 28.9. The number of anilines is 1. The van der Waals surface area contributed by atoms with Crippen molar-refractivity contribution in [3.8, 4) is 0 Å². The van der Waals surface area contributed by atoms with Crippen LogP contribution in [0.15, 0.2) is 51.7 Å². The fourth-order valence-electron chi connectivity index (χ4n) is 4.22. The van der Waals surface area contributed by atoms with Crippen LogP contribution in [0.3, 0.4) is 0 Å². The van der Waals surface area contributed by atoms with Crippen molar-refractivity contribution in [2.45, 2.75) is 30.4 Å². The first kappa shape index (κ1) is 28.7. The molecule has 0 aromatic carbocycles. The summed E-state index contributed by atoms with van der Waals surface area (Å²) in [6.45, 7) is 4.20. The van der Waals surface area contributed by atoms with Gasteiger partial charge in [-0.15, -0.1) is 44.8 Å². The average molecular weight is 620 g/mol. The Bertz CT molecular complexity index is 1360. The van der Waals surface area contributed by atoms with Gasteiger partial charge >= 0.3 is 5.97 Å². The quantitative estimate of drug-likeness (QED) is 0.0607. The van der Waals surface area contributed by atoms with Gasteiger partial charge in [-0.1, -0.05) is 17.3 Å². The van der Waals surface area contributed by atoms with Gasteiger partial charge in [0.15, 0.2) is 10.8 Å². The Balaban J connectivity index is 1.27. The van der Waals surface area contributed by atoms with Gasteiger partial charge in [-0.25, -0.2) is 9.78 Å². The molecule has 1 aromatic rings. The lowest BCUT2D eigenvalue weighted by atomic mass is 10.0. The number of amides is 3. The van der Waals surface area contributed by atoms with E-state index in [1.165, 1.54) is 38.5 Å². The number of β-lactam (4-membered cyclic amide) rings is 1. The minimum absolute atomic E-state index is 0.0998. The highest BCUT2D eigenvalue weighted by atomic mass is 32.2. The molecule has 1 saturated heterocycles. The second-order valence-corrected chi connectivity index (χ2v) is 11.7. The van der Waals surface area contributed by atoms with E-state index in [1.807, 2.05) is 12.2 Å². The third-order valence-electron chi connectivity index (χ3n) is 6.13. The molecule has 3 atom stereocenters. The predicted octanol–water partition coefficient (Wildman–Crippen LogP) is 0.704. The van der Waals surface area contributed by atoms with Crippen LogP contribution in [0.25, 0.3) is 0 Å². The number of hydrazine groups is 2. The van der Waals surface area contributed by atoms with Crippen LogP contribution in [0, 0.1) is 0 Å². The smallest absolute Gasteiger partial charge is 0.352 e. The lowest BCUT2D eigenvalue weighted by Gasteiger charge is -2.49. The van der Waals surface area contributed by atoms with Crippen LogP contribution in [0.4, 0.5) is 5.13 Å². The van der Waals surface area contributed by atoms with E-state index in [2.05, 4.69) is 38.0 Å². The van der Waals surface area contributed by atoms with Crippen LogP contribution in [0.2, 0.25) is 0 Å². The standard InChI is InChI=1S/C23H25N9O6S3/c1-2-7-30-11-25-32(29-30)41-9-13-8-39-21-17(20(35)31(21)18(13)22(36)37)27-19(34)16(28-38-14-5-3-4-6-14)15-10-40-23(26-15)24-12-33/h2-3,5,10-12,14,17,21,29H,1,4,6-9H2,(H,27,34)(H,36,37)(H,24,26,33)/t14?,17?,21-/m0/s1. The molecule has 0 radical (unpaired) electrons. The summed E-state index contributed by atoms with van der Waals surface area (Å²) in [4.78, 5) is 60.4. The molecule has 0 bridgehead atoms. The van der Waals surface area contributed by atoms with Crippen molar-refractivity contribution in [1.29, 1.82) is 0 Å². The number of nitrogens with zero attached hydrogens (tertiary/aromatic N) is 6. The zero-order valence-corrected chi connectivity index (χ0v) is 23.8. The third kappa shape index (κ3) is 6.24. The fraction of sp³-hybridized carbons (Fsp3) is 0.348. The van der Waals surface area contributed by atoms with Crippen molar-refractivity contribution in [3.63, 3.8) is 0 Å². The Morgan fingerprint density at radius 1 is 1.41 bits per heavy atom. The molecule has 41 heavy (non-hydrogen) atoms. The van der Waals surface area contributed by atoms with Crippen LogP contribution < -0.4 is 16.2 Å². The Labute approximate surface area is 246 Å². The van der Waals surface area contributed by atoms with E-state index >= 15 is 0 Å². The van der Waals surface area contributed by atoms with Crippen LogP contribution >= 0.6 is 35.0 Å². The molecule has 5 rings (SSSR count). The fourth-order valence-corrected chi connectivity index (χ4v) is 7.14. The number of fused-ring (bicyclic) bond motifs is 1. The van der Waals surface area contributed by atoms with E-state index < -0.39 is 29.2 Å². The summed E-state index contributed by atoms with van der Waals surface area (Å²) in [5.41, 5.74) is 3.44. The number of oxime groups is 1. The summed E-state index contributed by atoms with van der Waals surface area (Å²) in [5, 5.41) is 26.1. The first-order chi connectivity index (χ1) is 19.9. The van der Waals surface area contributed by atoms with Crippen molar-refractivity contribution in [1.82, 2.24) is 30.3 Å². The molecule has 4 aliphatic rings. The number of nitrogens with one attached hydrogen (secondary N) is 3. The summed E-state index contributed by atoms with van der Waals surface area (Å²) in [6, 6.07) is -0.976. The van der Waals surface area contributed by atoms with Gasteiger partial charge in [0.1, 0.15) is 35.2 Å². The summed E-state index contributed by atoms with van der Waals surface area (Å²) in [6.07, 6.45) is 8.77. The number of thiazole rings is 1. The summed E-state index contributed by atoms with van der Waals surface area (Å²) in [5.74, 6) is -1.87. The number of carbonyl (C=O) groups excluding carboxylic acids is 3. The third-order valence-corrected chi connectivity index (χ3v) is 9.14. The molecule has 1 aromatic heterocycles. The normalized spacial score (nSPS) is 23.4. The van der Waals surface area contributed by atoms with E-state index in [4.69, 9.17) is 4.84 Å². The highest BCUT2D eigenvalue weighted by molar-refractivity contribution is 8.00. The Morgan fingerprint density at radius 3 is 3.00 bits per heavy atom. The molecule has 18 heteroatoms. The van der Waals surface area contributed by atoms with Crippen molar-refractivity contribution in [2.24, 2.45) is 10.3 Å². The first-order valence-electron chi connectivity index (χ1n) is 12.3. The number of carboxylic acids is 1. The number of thioether (sulfide) groups is 1. The Morgan fingerprint density at radius 2 is 2.27 bits per heavy atom. The van der Waals surface area contributed by atoms with E-state index in [0.29, 0.717) is 30.7 Å². The number of carboxylic acid groups (broad SMARTS) is 1. The molecule has 0 saturated carbocycles. The molecule has 2 unspecified atom stereocenters. The maximum absolute atomic E-state index is 13.3. The number of carbonyl (C=O) groups is 4. The minimum Gasteiger partial charge on any atom is -0.477 e. The molecule has 4 N–H and O–H groups in total. The van der Waals surface area contributed by atoms with Gasteiger partial charge in [0.05, 0.1) is 6.54 Å². The van der Waals surface area contributed by atoms with Crippen LogP contribution in [0.5, 0.6) is 0 Å². The van der Waals surface area contributed by atoms with E-state index in [9.17, 15) is 24.3 Å². The number of rotatable bonds is 13. The van der Waals surface area contributed by atoms with Gasteiger partial charge in [-0.3, -0.25) is 24.3 Å². The number of aromatic nitrogens is 1. The number of hydrogen-bond acceptors (Lipinski definition) is 14. The van der Waals surface area contributed by atoms with Gasteiger partial charge in [0.2, 0.25) is 6.41 Å². The maximum atomic E-state index is 13.3. The summed E-state index contributed by atoms with van der Waals surface area (Å²) in [7, 11) is 0. The van der Waals surface area contributed by atoms with Crippen LogP contribution in [-0.2, 0) is 24.0 Å². The second-order valence-electron chi connectivity index (χ2n) is 8.83. The van der Waals surface area contributed by atoms with E-state index in [1.54, 1.807) is 17.4 Å². The lowest BCUT2D eigenvalue weighted by Crippen LogP contribution is -2.71. The Hall–Kier alpha value is -3.87. The first-order valence-corrected chi connectivity index (χ1v) is 15.1. The monoisotopic (exact) mass is 619 g/mol. The highest BCUT2D eigenvalue weighted by Gasteiger charge is 2.54. The highest BCUT2D eigenvalue weighted by Crippen LogP contribution is 2.41. The zero-order valence-electron chi connectivity index (χ0n) is 21.3. The predicted molar refractivity (Wildman–Crippen MR) is 154 cm³/mol. The maximum Gasteiger partial charge on any atom is 0.352 e. The average Bonchev–Trinajstić information content (AvgIpc) is 3.74. The molecule has 4 heterocycles. The SMILES string of the molecule is C=CCN1C=NN(SCC2=C(C(=O)O)N3C(=O)C(NC(=O)C(=NOC4C=CCC4)c4csc(NC=O)n4)[C@@H]3SC2)N1. The van der Waals surface area contributed by atoms with E-state index in [0.717, 1.165) is 17.8 Å². The molecule has 1 fully saturated rings. The number of hydrogen-bond donors (Lipinski definition) is 4. The molecule has 216 valence electrons. The molecule has 1 aliphatic carbocycles. The minimum atomic E-state index is -1.23. The number of hydrazone groups is 1. The van der Waals surface area contributed by atoms with E-state index in [-0.39, 0.29) is 34.1 Å². The van der Waals surface area contributed by atoms with Crippen LogP contribution in [-0.4, -0.2) is 96.3 Å². The van der Waals surface area contributed by atoms with Crippen molar-refractivity contribution in [2.75, 3.05) is 23.4 Å². The molecule has 3 aliphatic heterocycles. The molecule has 0 spiro atoms. The largest absolute Gasteiger partial charge is 0.477 e. The molecular weight excluding hydrogens is 595 g/mol. The van der Waals surface area contributed by atoms with Crippen molar-refractivity contribution >= 4 is 76.4 Å². The molecule has 3 amide bonds. The van der Waals surface area contributed by atoms with Gasteiger partial charge < -0.3 is 20.6 Å². The van der Waals surface area contributed by atoms with Gasteiger partial charge in [-0.2, -0.15) is 0 Å². The lowest BCUT2D eigenvalue weighted by molar-refractivity contribution is -0.150. The topological polar surface area (TPSA) is 181 Å². The number of allylic oxidation sites excluding steroid dienone is 1. The Kier molecular flexibility index (Phi) is 8.91. The van der Waals surface area contributed by atoms with Crippen molar-refractivity contribution < 1.29 is 29.1 Å². The summed E-state index contributed by atoms with van der Waals surface area (Å²) < 4.78 is 1.49. The van der Waals surface area contributed by atoms with Crippen LogP contribution in [0.1, 0.15) is 18.5 Å². The van der Waals surface area contributed by atoms with Gasteiger partial charge in [-0.05, 0) is 36.4 Å². The molecule has 15 nitrogen and oxygen atoms in total. The van der Waals surface area contributed by atoms with Gasteiger partial charge in [0.25, 0.3) is 11.8 Å². The van der Waals surface area contributed by atoms with Gasteiger partial charge in [0, 0.05) is 16.9 Å². The number of aliphatic carboxylic acids is 1.